The first kappa shape index (κ1) is 6.15. The molecule has 0 radical (unpaired) electrons. The van der Waals surface area contributed by atoms with Crippen molar-refractivity contribution in [3.63, 3.8) is 0 Å². The number of hydrogen-bond acceptors (Lipinski definition) is 3. The number of aromatic nitrogens is 3. The Balaban J connectivity index is 2.92. The van der Waals surface area contributed by atoms with Crippen LogP contribution in [-0.2, 0) is 6.61 Å². The summed E-state index contributed by atoms with van der Waals surface area (Å²) in [4.78, 5) is 3.78. The third-order valence-electron chi connectivity index (χ3n) is 0.789. The standard InChI is InChI=1S/C3H4N3O.Tl/c7-1-3-4-2-5-6-3;/h2,7H,1H2;/q-1;+1. The van der Waals surface area contributed by atoms with Crippen molar-refractivity contribution < 1.29 is 5.11 Å². The Bertz CT molecular complexity index is 175. The summed E-state index contributed by atoms with van der Waals surface area (Å²) in [7, 11) is 0. The van der Waals surface area contributed by atoms with E-state index in [-0.39, 0.29) is 6.61 Å². The molecule has 40 valence electrons. The summed E-state index contributed by atoms with van der Waals surface area (Å²) in [6.45, 7) is -0.00347. The van der Waals surface area contributed by atoms with Gasteiger partial charge in [0, 0.05) is 0 Å². The van der Waals surface area contributed by atoms with Crippen LogP contribution in [0.2, 0.25) is 0 Å². The topological polar surface area (TPSA) is 50.9 Å². The van der Waals surface area contributed by atoms with Crippen LogP contribution in [0, 0.1) is 0 Å². The minimum atomic E-state index is -0.00347. The van der Waals surface area contributed by atoms with Gasteiger partial charge in [0.1, 0.15) is 0 Å². The first-order valence-electron chi connectivity index (χ1n) is 2.09. The average molecular weight is 302 g/mol. The van der Waals surface area contributed by atoms with Crippen molar-refractivity contribution in [1.29, 1.82) is 0 Å². The first-order valence-corrected chi connectivity index (χ1v) is 4.10. The normalized spacial score (nSPS) is 9.50. The van der Waals surface area contributed by atoms with E-state index in [0.29, 0.717) is 31.9 Å². The van der Waals surface area contributed by atoms with E-state index in [9.17, 15) is 0 Å². The Morgan fingerprint density at radius 1 is 1.88 bits per heavy atom. The van der Waals surface area contributed by atoms with E-state index in [1.54, 1.807) is 2.49 Å². The van der Waals surface area contributed by atoms with Crippen LogP contribution in [0.15, 0.2) is 6.33 Å². The molecular weight excluding hydrogens is 298 g/mol. The third kappa shape index (κ3) is 1.05. The quantitative estimate of drug-likeness (QED) is 0.656. The van der Waals surface area contributed by atoms with Crippen LogP contribution >= 0.6 is 0 Å². The molecule has 1 heterocycles. The fraction of sp³-hybridized carbons (Fsp3) is 0.333. The van der Waals surface area contributed by atoms with Gasteiger partial charge in [-0.15, -0.1) is 0 Å². The SMILES string of the molecule is OCc1ncn[n]1[Tl]. The van der Waals surface area contributed by atoms with Gasteiger partial charge in [-0.3, -0.25) is 0 Å². The summed E-state index contributed by atoms with van der Waals surface area (Å²) >= 11 is 0.602. The van der Waals surface area contributed by atoms with Crippen LogP contribution in [0.25, 0.3) is 0 Å². The molecule has 4 nitrogen and oxygen atoms in total. The van der Waals surface area contributed by atoms with E-state index in [4.69, 9.17) is 5.11 Å². The van der Waals surface area contributed by atoms with Gasteiger partial charge < -0.3 is 0 Å². The summed E-state index contributed by atoms with van der Waals surface area (Å²) in [5.74, 6) is 0.662. The second-order valence-corrected chi connectivity index (χ2v) is 3.18. The Morgan fingerprint density at radius 2 is 2.62 bits per heavy atom. The molecule has 0 saturated heterocycles. The zero-order chi connectivity index (χ0) is 5.98. The van der Waals surface area contributed by atoms with Crippen LogP contribution in [-0.4, -0.2) is 43.7 Å². The van der Waals surface area contributed by atoms with Gasteiger partial charge in [-0.25, -0.2) is 0 Å². The van der Waals surface area contributed by atoms with E-state index in [1.807, 2.05) is 0 Å². The second kappa shape index (κ2) is 2.54. The fourth-order valence-corrected chi connectivity index (χ4v) is 1.20. The molecule has 0 aliphatic heterocycles. The number of aliphatic hydroxyl groups excluding tert-OH is 1. The zero-order valence-electron chi connectivity index (χ0n) is 4.15. The van der Waals surface area contributed by atoms with Crippen LogP contribution < -0.4 is 0 Å². The van der Waals surface area contributed by atoms with Crippen LogP contribution in [0.5, 0.6) is 0 Å². The number of aliphatic hydroxyl groups is 1. The monoisotopic (exact) mass is 303 g/mol. The van der Waals surface area contributed by atoms with Crippen LogP contribution in [0.3, 0.4) is 0 Å². The Kier molecular flexibility index (Phi) is 1.95. The van der Waals surface area contributed by atoms with Crippen molar-refractivity contribution in [2.45, 2.75) is 6.61 Å². The van der Waals surface area contributed by atoms with Gasteiger partial charge in [-0.1, -0.05) is 0 Å². The Hall–Kier alpha value is 0.0221. The van der Waals surface area contributed by atoms with Gasteiger partial charge in [-0.2, -0.15) is 0 Å². The van der Waals surface area contributed by atoms with Crippen LogP contribution in [0.1, 0.15) is 5.82 Å². The number of hydrogen-bond donors (Lipinski definition) is 1. The number of rotatable bonds is 1. The Morgan fingerprint density at radius 3 is 2.88 bits per heavy atom. The molecule has 0 aromatic carbocycles. The molecule has 0 bridgehead atoms. The molecule has 1 N–H and O–H groups in total. The van der Waals surface area contributed by atoms with Crippen molar-refractivity contribution in [1.82, 2.24) is 12.6 Å². The molecule has 0 saturated carbocycles. The van der Waals surface area contributed by atoms with Crippen molar-refractivity contribution in [2.75, 3.05) is 0 Å². The average Bonchev–Trinajstić information content (AvgIpc) is 2.14. The van der Waals surface area contributed by atoms with Crippen molar-refractivity contribution in [3.05, 3.63) is 12.2 Å². The van der Waals surface area contributed by atoms with E-state index in [2.05, 4.69) is 10.1 Å². The van der Waals surface area contributed by atoms with E-state index >= 15 is 0 Å². The molecule has 8 heavy (non-hydrogen) atoms. The van der Waals surface area contributed by atoms with E-state index < -0.39 is 0 Å². The molecule has 0 amide bonds. The molecule has 0 aliphatic carbocycles. The van der Waals surface area contributed by atoms with Crippen LogP contribution in [0.4, 0.5) is 0 Å². The van der Waals surface area contributed by atoms with E-state index in [1.165, 1.54) is 6.33 Å². The summed E-state index contributed by atoms with van der Waals surface area (Å²) in [6, 6.07) is 0. The van der Waals surface area contributed by atoms with Crippen molar-refractivity contribution in [3.8, 4) is 0 Å². The van der Waals surface area contributed by atoms with Gasteiger partial charge in [-0.05, 0) is 0 Å². The maximum absolute atomic E-state index is 8.51. The molecule has 0 atom stereocenters. The van der Waals surface area contributed by atoms with Gasteiger partial charge in [0.2, 0.25) is 0 Å². The molecule has 1 aromatic rings. The van der Waals surface area contributed by atoms with E-state index in [0.717, 1.165) is 0 Å². The van der Waals surface area contributed by atoms with Crippen molar-refractivity contribution in [2.24, 2.45) is 0 Å². The summed E-state index contributed by atoms with van der Waals surface area (Å²) < 4.78 is 1.69. The Labute approximate surface area is 62.6 Å². The molecular formula is C3H4N3OTl. The third-order valence-corrected chi connectivity index (χ3v) is 2.47. The predicted molar refractivity (Wildman–Crippen MR) is 27.1 cm³/mol. The minimum absolute atomic E-state index is 0.00347. The molecule has 0 aliphatic rings. The van der Waals surface area contributed by atoms with Crippen molar-refractivity contribution >= 4 is 26.1 Å². The molecule has 1 aromatic heterocycles. The molecule has 0 spiro atoms. The summed E-state index contributed by atoms with van der Waals surface area (Å²) in [5, 5.41) is 12.3. The predicted octanol–water partition coefficient (Wildman–Crippen LogP) is -1.30. The summed E-state index contributed by atoms with van der Waals surface area (Å²) in [6.07, 6.45) is 1.45. The van der Waals surface area contributed by atoms with Gasteiger partial charge in [0.15, 0.2) is 0 Å². The molecule has 0 fully saturated rings. The zero-order valence-corrected chi connectivity index (χ0v) is 8.64. The molecule has 5 heteroatoms. The maximum atomic E-state index is 8.51. The first-order chi connectivity index (χ1) is 3.84. The number of nitrogens with zero attached hydrogens (tertiary/aromatic N) is 3. The van der Waals surface area contributed by atoms with Gasteiger partial charge >= 0.3 is 62.5 Å². The second-order valence-electron chi connectivity index (χ2n) is 1.28. The molecule has 0 unspecified atom stereocenters. The molecule has 1 rings (SSSR count). The van der Waals surface area contributed by atoms with Gasteiger partial charge in [0.25, 0.3) is 0 Å². The fourth-order valence-electron chi connectivity index (χ4n) is 0.387. The van der Waals surface area contributed by atoms with Gasteiger partial charge in [0.05, 0.1) is 0 Å². The summed E-state index contributed by atoms with van der Waals surface area (Å²) in [5.41, 5.74) is 0.